The minimum absolute atomic E-state index is 0.0442. The lowest BCUT2D eigenvalue weighted by Crippen LogP contribution is -2.33. The smallest absolute Gasteiger partial charge is 0.458 e. The molecular weight excluding hydrogens is 431 g/mol. The Hall–Kier alpha value is -2.96. The SMILES string of the molecule is NC(=O)c1c(F)ccc(OCc2nc3cc(C(F)(F)C(F)(F)F)cnc3s2)c1F. The summed E-state index contributed by atoms with van der Waals surface area (Å²) in [6.07, 6.45) is -5.42. The van der Waals surface area contributed by atoms with Gasteiger partial charge in [-0.1, -0.05) is 11.3 Å². The Labute approximate surface area is 160 Å². The summed E-state index contributed by atoms with van der Waals surface area (Å²) in [5, 5.41) is 0.0596. The van der Waals surface area contributed by atoms with Crippen LogP contribution in [0.4, 0.5) is 30.7 Å². The van der Waals surface area contributed by atoms with E-state index < -0.39 is 53.1 Å². The molecule has 1 amide bonds. The zero-order chi connectivity index (χ0) is 21.6. The number of fused-ring (bicyclic) bond motifs is 1. The molecule has 1 aromatic carbocycles. The lowest BCUT2D eigenvalue weighted by molar-refractivity contribution is -0.289. The van der Waals surface area contributed by atoms with Gasteiger partial charge in [0.05, 0.1) is 5.56 Å². The zero-order valence-corrected chi connectivity index (χ0v) is 14.7. The zero-order valence-electron chi connectivity index (χ0n) is 13.9. The van der Waals surface area contributed by atoms with Crippen molar-refractivity contribution in [1.29, 1.82) is 0 Å². The van der Waals surface area contributed by atoms with Crippen LogP contribution in [0.25, 0.3) is 10.3 Å². The topological polar surface area (TPSA) is 78.1 Å². The molecule has 0 aliphatic heterocycles. The summed E-state index contributed by atoms with van der Waals surface area (Å²) in [4.78, 5) is 18.5. The molecule has 154 valence electrons. The van der Waals surface area contributed by atoms with Gasteiger partial charge in [-0.05, 0) is 18.2 Å². The number of ether oxygens (including phenoxy) is 1. The van der Waals surface area contributed by atoms with Crippen molar-refractivity contribution in [2.45, 2.75) is 18.7 Å². The van der Waals surface area contributed by atoms with Gasteiger partial charge in [0.25, 0.3) is 5.91 Å². The van der Waals surface area contributed by atoms with Crippen LogP contribution in [0.5, 0.6) is 5.75 Å². The molecule has 3 rings (SSSR count). The molecule has 2 N–H and O–H groups in total. The van der Waals surface area contributed by atoms with Gasteiger partial charge in [0.2, 0.25) is 0 Å². The van der Waals surface area contributed by atoms with Crippen LogP contribution in [0.15, 0.2) is 24.4 Å². The van der Waals surface area contributed by atoms with E-state index >= 15 is 0 Å². The number of primary amides is 1. The van der Waals surface area contributed by atoms with Crippen LogP contribution in [-0.2, 0) is 12.5 Å². The molecule has 0 radical (unpaired) electrons. The fourth-order valence-electron chi connectivity index (χ4n) is 2.28. The summed E-state index contributed by atoms with van der Waals surface area (Å²) >= 11 is 0.801. The first-order valence-electron chi connectivity index (χ1n) is 7.53. The quantitative estimate of drug-likeness (QED) is 0.602. The number of aromatic nitrogens is 2. The number of amides is 1. The van der Waals surface area contributed by atoms with Gasteiger partial charge in [-0.25, -0.2) is 18.7 Å². The van der Waals surface area contributed by atoms with Crippen molar-refractivity contribution in [2.24, 2.45) is 5.73 Å². The van der Waals surface area contributed by atoms with Crippen LogP contribution in [-0.4, -0.2) is 22.1 Å². The molecule has 5 nitrogen and oxygen atoms in total. The second kappa shape index (κ2) is 7.13. The average molecular weight is 439 g/mol. The number of alkyl halides is 5. The highest BCUT2D eigenvalue weighted by Crippen LogP contribution is 2.44. The van der Waals surface area contributed by atoms with Crippen molar-refractivity contribution >= 4 is 27.6 Å². The van der Waals surface area contributed by atoms with Gasteiger partial charge >= 0.3 is 12.1 Å². The van der Waals surface area contributed by atoms with Gasteiger partial charge in [0.1, 0.15) is 33.3 Å². The van der Waals surface area contributed by atoms with Gasteiger partial charge in [-0.3, -0.25) is 4.79 Å². The number of nitrogens with two attached hydrogens (primary N) is 1. The van der Waals surface area contributed by atoms with E-state index in [1.807, 2.05) is 0 Å². The number of pyridine rings is 1. The molecule has 0 saturated carbocycles. The van der Waals surface area contributed by atoms with E-state index in [1.165, 1.54) is 0 Å². The second-order valence-corrected chi connectivity index (χ2v) is 6.68. The number of hydrogen-bond acceptors (Lipinski definition) is 5. The highest BCUT2D eigenvalue weighted by molar-refractivity contribution is 7.18. The number of carbonyl (C=O) groups excluding carboxylic acids is 1. The maximum Gasteiger partial charge on any atom is 0.458 e. The number of carbonyl (C=O) groups is 1. The van der Waals surface area contributed by atoms with Gasteiger partial charge in [0, 0.05) is 6.20 Å². The molecular formula is C16H8F7N3O2S. The number of thiazole rings is 1. The first kappa shape index (κ1) is 20.8. The average Bonchev–Trinajstić information content (AvgIpc) is 3.01. The standard InChI is InChI=1S/C16H8F7N3O2S/c17-7-1-2-9(12(18)11(7)13(24)27)28-5-10-26-8-3-6(4-25-14(8)29-10)15(19,20)16(21,22)23/h1-4H,5H2,(H2,24,27). The second-order valence-electron chi connectivity index (χ2n) is 5.62. The van der Waals surface area contributed by atoms with Gasteiger partial charge in [-0.15, -0.1) is 0 Å². The fourth-order valence-corrected chi connectivity index (χ4v) is 3.07. The Morgan fingerprint density at radius 3 is 2.48 bits per heavy atom. The highest BCUT2D eigenvalue weighted by Gasteiger charge is 2.59. The van der Waals surface area contributed by atoms with Gasteiger partial charge in [0.15, 0.2) is 11.6 Å². The first-order chi connectivity index (χ1) is 13.4. The number of halogens is 7. The summed E-state index contributed by atoms with van der Waals surface area (Å²) in [5.41, 5.74) is 2.25. The fraction of sp³-hybridized carbons (Fsp3) is 0.188. The molecule has 0 fully saturated rings. The summed E-state index contributed by atoms with van der Waals surface area (Å²) < 4.78 is 96.9. The Bertz CT molecular complexity index is 1100. The minimum atomic E-state index is -5.80. The van der Waals surface area contributed by atoms with Gasteiger partial charge < -0.3 is 10.5 Å². The maximum atomic E-state index is 14.1. The maximum absolute atomic E-state index is 14.1. The Morgan fingerprint density at radius 1 is 1.17 bits per heavy atom. The van der Waals surface area contributed by atoms with E-state index in [4.69, 9.17) is 10.5 Å². The molecule has 0 saturated heterocycles. The van der Waals surface area contributed by atoms with Crippen molar-refractivity contribution in [2.75, 3.05) is 0 Å². The third-order valence-electron chi connectivity index (χ3n) is 3.66. The van der Waals surface area contributed by atoms with Crippen molar-refractivity contribution in [3.05, 3.63) is 52.2 Å². The van der Waals surface area contributed by atoms with Crippen LogP contribution < -0.4 is 10.5 Å². The molecule has 13 heteroatoms. The lowest BCUT2D eigenvalue weighted by Gasteiger charge is -2.19. The van der Waals surface area contributed by atoms with E-state index in [0.717, 1.165) is 23.5 Å². The van der Waals surface area contributed by atoms with E-state index in [9.17, 15) is 35.5 Å². The number of rotatable bonds is 5. The normalized spacial score (nSPS) is 12.4. The number of hydrogen-bond donors (Lipinski definition) is 1. The van der Waals surface area contributed by atoms with Crippen LogP contribution in [0.1, 0.15) is 20.9 Å². The molecule has 0 unspecified atom stereocenters. The van der Waals surface area contributed by atoms with Crippen LogP contribution in [0.3, 0.4) is 0 Å². The van der Waals surface area contributed by atoms with Crippen LogP contribution in [0, 0.1) is 11.6 Å². The van der Waals surface area contributed by atoms with Crippen molar-refractivity contribution in [3.63, 3.8) is 0 Å². The third-order valence-corrected chi connectivity index (χ3v) is 4.62. The summed E-state index contributed by atoms with van der Waals surface area (Å²) in [5.74, 6) is -9.53. The van der Waals surface area contributed by atoms with Gasteiger partial charge in [-0.2, -0.15) is 22.0 Å². The van der Waals surface area contributed by atoms with Crippen molar-refractivity contribution in [3.8, 4) is 5.75 Å². The molecule has 0 aliphatic carbocycles. The van der Waals surface area contributed by atoms with E-state index in [-0.39, 0.29) is 15.4 Å². The molecule has 0 bridgehead atoms. The van der Waals surface area contributed by atoms with Crippen LogP contribution >= 0.6 is 11.3 Å². The molecule has 0 aliphatic rings. The predicted octanol–water partition coefficient (Wildman–Crippen LogP) is 4.30. The molecule has 3 aromatic rings. The predicted molar refractivity (Wildman–Crippen MR) is 86.6 cm³/mol. The van der Waals surface area contributed by atoms with E-state index in [0.29, 0.717) is 12.3 Å². The Balaban J connectivity index is 1.86. The van der Waals surface area contributed by atoms with Crippen LogP contribution in [0.2, 0.25) is 0 Å². The van der Waals surface area contributed by atoms with Crippen molar-refractivity contribution < 1.29 is 40.3 Å². The molecule has 2 heterocycles. The monoisotopic (exact) mass is 439 g/mol. The third kappa shape index (κ3) is 3.81. The first-order valence-corrected chi connectivity index (χ1v) is 8.34. The molecule has 0 atom stereocenters. The summed E-state index contributed by atoms with van der Waals surface area (Å²) in [7, 11) is 0. The summed E-state index contributed by atoms with van der Waals surface area (Å²) in [6, 6.07) is 2.19. The molecule has 29 heavy (non-hydrogen) atoms. The number of nitrogens with zero attached hydrogens (tertiary/aromatic N) is 2. The molecule has 2 aromatic heterocycles. The lowest BCUT2D eigenvalue weighted by atomic mass is 10.1. The molecule has 0 spiro atoms. The van der Waals surface area contributed by atoms with E-state index in [1.54, 1.807) is 0 Å². The largest absolute Gasteiger partial charge is 0.483 e. The Kier molecular flexibility index (Phi) is 5.11. The van der Waals surface area contributed by atoms with E-state index in [2.05, 4.69) is 9.97 Å². The Morgan fingerprint density at radius 2 is 1.86 bits per heavy atom. The van der Waals surface area contributed by atoms with Crippen molar-refractivity contribution in [1.82, 2.24) is 9.97 Å². The minimum Gasteiger partial charge on any atom is -0.483 e. The summed E-state index contributed by atoms with van der Waals surface area (Å²) in [6.45, 7) is -0.452. The number of benzene rings is 1. The highest BCUT2D eigenvalue weighted by atomic mass is 32.1.